The number of hydrogen-bond acceptors (Lipinski definition) is 3. The molecule has 0 unspecified atom stereocenters. The topological polar surface area (TPSA) is 59.0 Å². The molecule has 2 aromatic rings. The average Bonchev–Trinajstić information content (AvgIpc) is 2.35. The van der Waals surface area contributed by atoms with Gasteiger partial charge in [0.25, 0.3) is 0 Å². The van der Waals surface area contributed by atoms with Crippen LogP contribution in [0.25, 0.3) is 0 Å². The molecule has 90 valence electrons. The minimum Gasteiger partial charge on any atom is -0.454 e. The molecule has 0 fully saturated rings. The molecule has 0 aliphatic carbocycles. The summed E-state index contributed by atoms with van der Waals surface area (Å²) in [7, 11) is 0. The van der Waals surface area contributed by atoms with Crippen LogP contribution in [0.5, 0.6) is 11.5 Å². The van der Waals surface area contributed by atoms with Crippen LogP contribution in [-0.4, -0.2) is 0 Å². The number of nitrogens with zero attached hydrogens (tertiary/aromatic N) is 1. The first-order valence-corrected chi connectivity index (χ1v) is 5.03. The zero-order valence-electron chi connectivity index (χ0n) is 9.15. The number of ether oxygens (including phenoxy) is 1. The maximum absolute atomic E-state index is 13.3. The highest BCUT2D eigenvalue weighted by atomic mass is 19.2. The summed E-state index contributed by atoms with van der Waals surface area (Å²) in [4.78, 5) is 0. The van der Waals surface area contributed by atoms with Gasteiger partial charge in [0.15, 0.2) is 11.6 Å². The van der Waals surface area contributed by atoms with Gasteiger partial charge in [-0.15, -0.1) is 0 Å². The van der Waals surface area contributed by atoms with Gasteiger partial charge in [0.05, 0.1) is 11.3 Å². The monoisotopic (exact) mass is 246 g/mol. The van der Waals surface area contributed by atoms with Crippen LogP contribution in [0.4, 0.5) is 14.5 Å². The Balaban J connectivity index is 2.32. The third kappa shape index (κ3) is 2.23. The normalized spacial score (nSPS) is 9.83. The Hall–Kier alpha value is -2.61. The van der Waals surface area contributed by atoms with Gasteiger partial charge >= 0.3 is 0 Å². The van der Waals surface area contributed by atoms with Crippen LogP contribution in [-0.2, 0) is 0 Å². The smallest absolute Gasteiger partial charge is 0.201 e. The molecule has 0 spiro atoms. The van der Waals surface area contributed by atoms with Crippen LogP contribution in [0.3, 0.4) is 0 Å². The lowest BCUT2D eigenvalue weighted by Crippen LogP contribution is -1.94. The summed E-state index contributed by atoms with van der Waals surface area (Å²) in [5, 5.41) is 8.70. The summed E-state index contributed by atoms with van der Waals surface area (Å²) in [5.74, 6) is -2.07. The van der Waals surface area contributed by atoms with E-state index in [1.54, 1.807) is 0 Å². The van der Waals surface area contributed by atoms with E-state index in [1.165, 1.54) is 30.3 Å². The van der Waals surface area contributed by atoms with Gasteiger partial charge < -0.3 is 10.5 Å². The van der Waals surface area contributed by atoms with Gasteiger partial charge in [-0.1, -0.05) is 6.07 Å². The predicted octanol–water partition coefficient (Wildman–Crippen LogP) is 3.21. The second kappa shape index (κ2) is 4.72. The van der Waals surface area contributed by atoms with Crippen molar-refractivity contribution in [2.75, 3.05) is 5.73 Å². The van der Waals surface area contributed by atoms with Gasteiger partial charge in [0.2, 0.25) is 5.82 Å². The Morgan fingerprint density at radius 3 is 2.61 bits per heavy atom. The average molecular weight is 246 g/mol. The summed E-state index contributed by atoms with van der Waals surface area (Å²) in [6, 6.07) is 9.80. The van der Waals surface area contributed by atoms with Crippen LogP contribution >= 0.6 is 0 Å². The lowest BCUT2D eigenvalue weighted by molar-refractivity contribution is 0.416. The Morgan fingerprint density at radius 2 is 1.94 bits per heavy atom. The third-order valence-electron chi connectivity index (χ3n) is 2.29. The van der Waals surface area contributed by atoms with Crippen molar-refractivity contribution in [3.63, 3.8) is 0 Å². The fourth-order valence-electron chi connectivity index (χ4n) is 1.40. The number of hydrogen-bond donors (Lipinski definition) is 1. The van der Waals surface area contributed by atoms with Gasteiger partial charge in [-0.05, 0) is 24.3 Å². The van der Waals surface area contributed by atoms with E-state index in [0.717, 1.165) is 6.07 Å². The van der Waals surface area contributed by atoms with E-state index in [2.05, 4.69) is 0 Å². The second-order valence-electron chi connectivity index (χ2n) is 3.51. The highest BCUT2D eigenvalue weighted by molar-refractivity contribution is 5.57. The van der Waals surface area contributed by atoms with Crippen molar-refractivity contribution in [3.8, 4) is 17.6 Å². The van der Waals surface area contributed by atoms with E-state index in [1.807, 2.05) is 6.07 Å². The van der Waals surface area contributed by atoms with Crippen molar-refractivity contribution in [1.29, 1.82) is 5.26 Å². The molecule has 0 aliphatic heterocycles. The Labute approximate surface area is 102 Å². The second-order valence-corrected chi connectivity index (χ2v) is 3.51. The van der Waals surface area contributed by atoms with Crippen LogP contribution < -0.4 is 10.5 Å². The molecular formula is C13H8F2N2O. The van der Waals surface area contributed by atoms with Crippen LogP contribution in [0.15, 0.2) is 36.4 Å². The molecule has 18 heavy (non-hydrogen) atoms. The molecule has 0 bridgehead atoms. The molecule has 0 atom stereocenters. The van der Waals surface area contributed by atoms with Crippen molar-refractivity contribution in [2.24, 2.45) is 0 Å². The van der Waals surface area contributed by atoms with E-state index >= 15 is 0 Å². The fraction of sp³-hybridized carbons (Fsp3) is 0. The lowest BCUT2D eigenvalue weighted by Gasteiger charge is -2.08. The molecule has 0 radical (unpaired) electrons. The predicted molar refractivity (Wildman–Crippen MR) is 62.0 cm³/mol. The van der Waals surface area contributed by atoms with Crippen molar-refractivity contribution in [2.45, 2.75) is 0 Å². The van der Waals surface area contributed by atoms with Crippen molar-refractivity contribution < 1.29 is 13.5 Å². The molecule has 3 nitrogen and oxygen atoms in total. The highest BCUT2D eigenvalue weighted by Crippen LogP contribution is 2.27. The van der Waals surface area contributed by atoms with Crippen LogP contribution in [0.1, 0.15) is 5.56 Å². The number of nitrogens with two attached hydrogens (primary N) is 1. The van der Waals surface area contributed by atoms with E-state index in [9.17, 15) is 8.78 Å². The minimum atomic E-state index is -1.07. The molecule has 0 heterocycles. The quantitative estimate of drug-likeness (QED) is 0.827. The van der Waals surface area contributed by atoms with Crippen molar-refractivity contribution in [1.82, 2.24) is 0 Å². The number of nitrogen functional groups attached to an aromatic ring is 1. The van der Waals surface area contributed by atoms with E-state index in [-0.39, 0.29) is 17.2 Å². The maximum Gasteiger partial charge on any atom is 0.201 e. The summed E-state index contributed by atoms with van der Waals surface area (Å²) in [6.45, 7) is 0. The Kier molecular flexibility index (Phi) is 3.11. The summed E-state index contributed by atoms with van der Waals surface area (Å²) >= 11 is 0. The fourth-order valence-corrected chi connectivity index (χ4v) is 1.40. The molecule has 2 N–H and O–H groups in total. The summed E-state index contributed by atoms with van der Waals surface area (Å²) < 4.78 is 31.5. The lowest BCUT2D eigenvalue weighted by atomic mass is 10.2. The molecule has 0 aliphatic rings. The molecule has 5 heteroatoms. The van der Waals surface area contributed by atoms with Gasteiger partial charge in [-0.2, -0.15) is 9.65 Å². The van der Waals surface area contributed by atoms with Gasteiger partial charge in [-0.3, -0.25) is 0 Å². The molecule has 0 amide bonds. The van der Waals surface area contributed by atoms with E-state index in [4.69, 9.17) is 15.7 Å². The van der Waals surface area contributed by atoms with Crippen molar-refractivity contribution >= 4 is 5.69 Å². The summed E-state index contributed by atoms with van der Waals surface area (Å²) in [6.07, 6.45) is 0. The molecule has 2 rings (SSSR count). The standard InChI is InChI=1S/C13H8F2N2O/c14-10-2-1-3-12(13(10)15)18-9-5-4-8(7-16)11(17)6-9/h1-6H,17H2. The van der Waals surface area contributed by atoms with Crippen LogP contribution in [0, 0.1) is 23.0 Å². The zero-order chi connectivity index (χ0) is 13.1. The summed E-state index contributed by atoms with van der Waals surface area (Å²) in [5.41, 5.74) is 6.09. The number of anilines is 1. The SMILES string of the molecule is N#Cc1ccc(Oc2cccc(F)c2F)cc1N. The minimum absolute atomic E-state index is 0.215. The molecular weight excluding hydrogens is 238 g/mol. The van der Waals surface area contributed by atoms with E-state index < -0.39 is 11.6 Å². The number of nitriles is 1. The largest absolute Gasteiger partial charge is 0.454 e. The van der Waals surface area contributed by atoms with Gasteiger partial charge in [-0.25, -0.2) is 4.39 Å². The number of halogens is 2. The number of rotatable bonds is 2. The Bertz CT molecular complexity index is 635. The maximum atomic E-state index is 13.3. The molecule has 2 aromatic carbocycles. The van der Waals surface area contributed by atoms with Gasteiger partial charge in [0.1, 0.15) is 11.8 Å². The number of benzene rings is 2. The van der Waals surface area contributed by atoms with Gasteiger partial charge in [0, 0.05) is 6.07 Å². The molecule has 0 aromatic heterocycles. The zero-order valence-corrected chi connectivity index (χ0v) is 9.15. The third-order valence-corrected chi connectivity index (χ3v) is 2.29. The molecule has 0 saturated carbocycles. The highest BCUT2D eigenvalue weighted by Gasteiger charge is 2.10. The Morgan fingerprint density at radius 1 is 1.17 bits per heavy atom. The van der Waals surface area contributed by atoms with E-state index in [0.29, 0.717) is 5.56 Å². The van der Waals surface area contributed by atoms with Crippen molar-refractivity contribution in [3.05, 3.63) is 53.6 Å². The first-order valence-electron chi connectivity index (χ1n) is 5.03. The first kappa shape index (κ1) is 11.9. The van der Waals surface area contributed by atoms with Crippen LogP contribution in [0.2, 0.25) is 0 Å². The molecule has 0 saturated heterocycles. The first-order chi connectivity index (χ1) is 8.61.